The largest absolute Gasteiger partial charge is 0.488 e. The van der Waals surface area contributed by atoms with Crippen LogP contribution in [0.3, 0.4) is 0 Å². The summed E-state index contributed by atoms with van der Waals surface area (Å²) in [5.41, 5.74) is 6.78. The van der Waals surface area contributed by atoms with Crippen molar-refractivity contribution >= 4 is 27.5 Å². The third-order valence-electron chi connectivity index (χ3n) is 1.85. The number of rotatable bonds is 4. The second-order valence-corrected chi connectivity index (χ2v) is 4.73. The maximum absolute atomic E-state index is 5.83. The molecule has 0 aliphatic rings. The molecule has 0 fully saturated rings. The van der Waals surface area contributed by atoms with Crippen LogP contribution in [0.5, 0.6) is 5.75 Å². The summed E-state index contributed by atoms with van der Waals surface area (Å²) in [4.78, 5) is 0. The Kier molecular flexibility index (Phi) is 4.64. The first-order chi connectivity index (χ1) is 7.00. The molecule has 1 atom stereocenters. The number of halogens is 2. The number of hydrogen-bond donors (Lipinski definition) is 1. The van der Waals surface area contributed by atoms with E-state index in [2.05, 4.69) is 22.5 Å². The molecule has 1 rings (SSSR count). The summed E-state index contributed by atoms with van der Waals surface area (Å²) in [5, 5.41) is 0.466. The normalized spacial score (nSPS) is 12.3. The zero-order valence-corrected chi connectivity index (χ0v) is 10.8. The van der Waals surface area contributed by atoms with Crippen molar-refractivity contribution in [3.8, 4) is 5.75 Å². The molecule has 0 aromatic heterocycles. The standard InChI is InChI=1S/C11H13BrClNO/c1-7(13)6-15-11-4-3-9(12)5-10(11)8(2)14/h3-5,8H,1,6,14H2,2H3. The van der Waals surface area contributed by atoms with E-state index in [1.54, 1.807) is 0 Å². The van der Waals surface area contributed by atoms with E-state index in [-0.39, 0.29) is 6.04 Å². The first-order valence-electron chi connectivity index (χ1n) is 4.52. The topological polar surface area (TPSA) is 35.2 Å². The minimum Gasteiger partial charge on any atom is -0.488 e. The summed E-state index contributed by atoms with van der Waals surface area (Å²) < 4.78 is 6.46. The van der Waals surface area contributed by atoms with E-state index in [1.165, 1.54) is 0 Å². The van der Waals surface area contributed by atoms with Gasteiger partial charge in [-0.15, -0.1) is 0 Å². The van der Waals surface area contributed by atoms with E-state index < -0.39 is 0 Å². The molecular weight excluding hydrogens is 277 g/mol. The molecule has 2 nitrogen and oxygen atoms in total. The Labute approximate surface area is 103 Å². The van der Waals surface area contributed by atoms with Gasteiger partial charge < -0.3 is 10.5 Å². The lowest BCUT2D eigenvalue weighted by molar-refractivity contribution is 0.353. The molecule has 1 unspecified atom stereocenters. The Morgan fingerprint density at radius 2 is 2.33 bits per heavy atom. The van der Waals surface area contributed by atoms with Gasteiger partial charge in [0.25, 0.3) is 0 Å². The lowest BCUT2D eigenvalue weighted by Crippen LogP contribution is -2.08. The van der Waals surface area contributed by atoms with Crippen LogP contribution in [0, 0.1) is 0 Å². The van der Waals surface area contributed by atoms with Crippen LogP contribution in [0.15, 0.2) is 34.3 Å². The van der Waals surface area contributed by atoms with Gasteiger partial charge in [-0.3, -0.25) is 0 Å². The Morgan fingerprint density at radius 1 is 1.67 bits per heavy atom. The third kappa shape index (κ3) is 3.86. The van der Waals surface area contributed by atoms with Gasteiger partial charge in [0.05, 0.1) is 0 Å². The highest BCUT2D eigenvalue weighted by Crippen LogP contribution is 2.27. The van der Waals surface area contributed by atoms with E-state index in [9.17, 15) is 0 Å². The van der Waals surface area contributed by atoms with Crippen LogP contribution in [0.2, 0.25) is 0 Å². The van der Waals surface area contributed by atoms with Crippen LogP contribution in [-0.2, 0) is 0 Å². The molecule has 2 N–H and O–H groups in total. The van der Waals surface area contributed by atoms with Gasteiger partial charge in [0, 0.05) is 21.1 Å². The van der Waals surface area contributed by atoms with Gasteiger partial charge in [0.15, 0.2) is 0 Å². The quantitative estimate of drug-likeness (QED) is 0.919. The van der Waals surface area contributed by atoms with Gasteiger partial charge in [0.1, 0.15) is 12.4 Å². The number of hydrogen-bond acceptors (Lipinski definition) is 2. The molecular formula is C11H13BrClNO. The van der Waals surface area contributed by atoms with E-state index >= 15 is 0 Å². The van der Waals surface area contributed by atoms with Crippen molar-refractivity contribution in [2.24, 2.45) is 5.73 Å². The average molecular weight is 291 g/mol. The highest BCUT2D eigenvalue weighted by atomic mass is 79.9. The molecule has 0 aliphatic heterocycles. The predicted molar refractivity (Wildman–Crippen MR) is 67.2 cm³/mol. The molecule has 15 heavy (non-hydrogen) atoms. The summed E-state index contributed by atoms with van der Waals surface area (Å²) in [5.74, 6) is 0.745. The Hall–Kier alpha value is -0.510. The number of ether oxygens (including phenoxy) is 1. The van der Waals surface area contributed by atoms with E-state index in [4.69, 9.17) is 22.1 Å². The van der Waals surface area contributed by atoms with Crippen molar-refractivity contribution in [2.45, 2.75) is 13.0 Å². The van der Waals surface area contributed by atoms with Crippen molar-refractivity contribution in [1.29, 1.82) is 0 Å². The second kappa shape index (κ2) is 5.54. The summed E-state index contributed by atoms with van der Waals surface area (Å²) in [6, 6.07) is 5.62. The van der Waals surface area contributed by atoms with Crippen LogP contribution >= 0.6 is 27.5 Å². The molecule has 1 aromatic carbocycles. The summed E-state index contributed by atoms with van der Waals surface area (Å²) in [6.45, 7) is 5.76. The molecule has 4 heteroatoms. The van der Waals surface area contributed by atoms with Crippen LogP contribution in [0.1, 0.15) is 18.5 Å². The van der Waals surface area contributed by atoms with Gasteiger partial charge in [-0.2, -0.15) is 0 Å². The summed E-state index contributed by atoms with van der Waals surface area (Å²) in [7, 11) is 0. The van der Waals surface area contributed by atoms with Gasteiger partial charge >= 0.3 is 0 Å². The zero-order valence-electron chi connectivity index (χ0n) is 8.47. The Balaban J connectivity index is 2.90. The fourth-order valence-electron chi connectivity index (χ4n) is 1.16. The van der Waals surface area contributed by atoms with E-state index in [0.717, 1.165) is 15.8 Å². The lowest BCUT2D eigenvalue weighted by atomic mass is 10.1. The molecule has 0 saturated heterocycles. The van der Waals surface area contributed by atoms with Gasteiger partial charge in [-0.05, 0) is 25.1 Å². The summed E-state index contributed by atoms with van der Waals surface area (Å²) in [6.07, 6.45) is 0. The Bertz CT molecular complexity index is 366. The fourth-order valence-corrected chi connectivity index (χ4v) is 1.60. The van der Waals surface area contributed by atoms with Crippen molar-refractivity contribution in [3.05, 3.63) is 39.8 Å². The van der Waals surface area contributed by atoms with Crippen LogP contribution in [0.4, 0.5) is 0 Å². The molecule has 0 heterocycles. The van der Waals surface area contributed by atoms with Gasteiger partial charge in [0.2, 0.25) is 0 Å². The molecule has 0 spiro atoms. The monoisotopic (exact) mass is 289 g/mol. The molecule has 1 aromatic rings. The summed E-state index contributed by atoms with van der Waals surface area (Å²) >= 11 is 9.02. The highest BCUT2D eigenvalue weighted by molar-refractivity contribution is 9.10. The number of benzene rings is 1. The Morgan fingerprint density at radius 3 is 2.87 bits per heavy atom. The average Bonchev–Trinajstić information content (AvgIpc) is 2.15. The maximum Gasteiger partial charge on any atom is 0.124 e. The van der Waals surface area contributed by atoms with Crippen LogP contribution in [-0.4, -0.2) is 6.61 Å². The van der Waals surface area contributed by atoms with E-state index in [1.807, 2.05) is 25.1 Å². The second-order valence-electron chi connectivity index (χ2n) is 3.28. The molecule has 82 valence electrons. The minimum absolute atomic E-state index is 0.0823. The highest BCUT2D eigenvalue weighted by Gasteiger charge is 2.08. The molecule has 0 bridgehead atoms. The minimum atomic E-state index is -0.0823. The molecule has 0 aliphatic carbocycles. The first kappa shape index (κ1) is 12.6. The lowest BCUT2D eigenvalue weighted by Gasteiger charge is -2.13. The van der Waals surface area contributed by atoms with Gasteiger partial charge in [-0.1, -0.05) is 34.1 Å². The van der Waals surface area contributed by atoms with Gasteiger partial charge in [-0.25, -0.2) is 0 Å². The molecule has 0 radical (unpaired) electrons. The number of nitrogens with two attached hydrogens (primary N) is 1. The first-order valence-corrected chi connectivity index (χ1v) is 5.69. The maximum atomic E-state index is 5.83. The molecule has 0 amide bonds. The smallest absolute Gasteiger partial charge is 0.124 e. The fraction of sp³-hybridized carbons (Fsp3) is 0.273. The van der Waals surface area contributed by atoms with Crippen molar-refractivity contribution in [2.75, 3.05) is 6.61 Å². The third-order valence-corrected chi connectivity index (χ3v) is 2.45. The van der Waals surface area contributed by atoms with Crippen molar-refractivity contribution in [3.63, 3.8) is 0 Å². The van der Waals surface area contributed by atoms with Crippen LogP contribution < -0.4 is 10.5 Å². The zero-order chi connectivity index (χ0) is 11.4. The molecule has 0 saturated carbocycles. The van der Waals surface area contributed by atoms with Crippen molar-refractivity contribution in [1.82, 2.24) is 0 Å². The van der Waals surface area contributed by atoms with Crippen LogP contribution in [0.25, 0.3) is 0 Å². The van der Waals surface area contributed by atoms with E-state index in [0.29, 0.717) is 11.6 Å². The SMILES string of the molecule is C=C(Cl)COc1ccc(Br)cc1C(C)N. The van der Waals surface area contributed by atoms with Crippen molar-refractivity contribution < 1.29 is 4.74 Å². The predicted octanol–water partition coefficient (Wildman–Crippen LogP) is 3.60.